The number of piperidine rings is 1. The monoisotopic (exact) mass is 320 g/mol. The van der Waals surface area contributed by atoms with Gasteiger partial charge in [0.2, 0.25) is 5.91 Å². The lowest BCUT2D eigenvalue weighted by atomic mass is 9.84. The van der Waals surface area contributed by atoms with Crippen LogP contribution in [-0.2, 0) is 4.79 Å². The zero-order valence-electron chi connectivity index (χ0n) is 14.6. The van der Waals surface area contributed by atoms with E-state index in [0.29, 0.717) is 24.0 Å². The Kier molecular flexibility index (Phi) is 4.17. The van der Waals surface area contributed by atoms with Gasteiger partial charge in [0.1, 0.15) is 0 Å². The van der Waals surface area contributed by atoms with Gasteiger partial charge in [0.15, 0.2) is 0 Å². The largest absolute Gasteiger partial charge is 0.393 e. The summed E-state index contributed by atoms with van der Waals surface area (Å²) in [7, 11) is 0. The van der Waals surface area contributed by atoms with Crippen LogP contribution in [0.1, 0.15) is 65.2 Å². The second kappa shape index (κ2) is 6.03. The first-order chi connectivity index (χ1) is 11.0. The third kappa shape index (κ3) is 2.82. The zero-order valence-corrected chi connectivity index (χ0v) is 14.6. The van der Waals surface area contributed by atoms with Crippen LogP contribution in [0.5, 0.6) is 0 Å². The molecule has 0 aromatic rings. The van der Waals surface area contributed by atoms with Crippen molar-refractivity contribution < 1.29 is 9.90 Å². The summed E-state index contributed by atoms with van der Waals surface area (Å²) >= 11 is 0. The second-order valence-electron chi connectivity index (χ2n) is 8.77. The molecule has 2 saturated heterocycles. The number of rotatable bonds is 4. The molecule has 130 valence electrons. The molecule has 1 amide bonds. The number of aliphatic hydroxyl groups is 1. The molecule has 4 bridgehead atoms. The summed E-state index contributed by atoms with van der Waals surface area (Å²) < 4.78 is 0. The molecule has 23 heavy (non-hydrogen) atoms. The number of nitrogens with zero attached hydrogens (tertiary/aromatic N) is 1. The normalized spacial score (nSPS) is 45.2. The van der Waals surface area contributed by atoms with Gasteiger partial charge in [-0.25, -0.2) is 0 Å². The lowest BCUT2D eigenvalue weighted by Crippen LogP contribution is -2.56. The molecule has 0 radical (unpaired) electrons. The van der Waals surface area contributed by atoms with Gasteiger partial charge in [-0.3, -0.25) is 9.69 Å². The molecule has 2 saturated carbocycles. The Morgan fingerprint density at radius 2 is 1.74 bits per heavy atom. The minimum Gasteiger partial charge on any atom is -0.393 e. The summed E-state index contributed by atoms with van der Waals surface area (Å²) in [6, 6.07) is 1.07. The third-order valence-electron chi connectivity index (χ3n) is 7.40. The highest BCUT2D eigenvalue weighted by molar-refractivity contribution is 5.81. The number of carbonyl (C=O) groups is 1. The maximum atomic E-state index is 12.8. The fraction of sp³-hybridized carbons (Fsp3) is 0.947. The lowest BCUT2D eigenvalue weighted by Gasteiger charge is -2.41. The van der Waals surface area contributed by atoms with Crippen LogP contribution in [0.3, 0.4) is 0 Å². The molecule has 2 N–H and O–H groups in total. The molecule has 0 spiro atoms. The zero-order chi connectivity index (χ0) is 16.1. The predicted molar refractivity (Wildman–Crippen MR) is 89.9 cm³/mol. The van der Waals surface area contributed by atoms with Crippen LogP contribution >= 0.6 is 0 Å². The molecular weight excluding hydrogens is 288 g/mol. The van der Waals surface area contributed by atoms with Crippen molar-refractivity contribution in [1.82, 2.24) is 10.2 Å². The molecule has 2 aliphatic heterocycles. The maximum absolute atomic E-state index is 12.8. The smallest absolute Gasteiger partial charge is 0.237 e. The van der Waals surface area contributed by atoms with E-state index in [2.05, 4.69) is 24.1 Å². The lowest BCUT2D eigenvalue weighted by molar-refractivity contribution is -0.129. The van der Waals surface area contributed by atoms with Crippen molar-refractivity contribution in [1.29, 1.82) is 0 Å². The number of hydrogen-bond donors (Lipinski definition) is 2. The highest BCUT2D eigenvalue weighted by Crippen LogP contribution is 2.49. The first-order valence-electron chi connectivity index (χ1n) is 9.78. The summed E-state index contributed by atoms with van der Waals surface area (Å²) in [4.78, 5) is 15.2. The van der Waals surface area contributed by atoms with Gasteiger partial charge in [-0.1, -0.05) is 6.42 Å². The summed E-state index contributed by atoms with van der Waals surface area (Å²) in [5.74, 6) is 2.69. The van der Waals surface area contributed by atoms with Gasteiger partial charge >= 0.3 is 0 Å². The highest BCUT2D eigenvalue weighted by Gasteiger charge is 2.45. The number of amides is 1. The van der Waals surface area contributed by atoms with Gasteiger partial charge in [-0.15, -0.1) is 0 Å². The van der Waals surface area contributed by atoms with Gasteiger partial charge in [0.25, 0.3) is 0 Å². The third-order valence-corrected chi connectivity index (χ3v) is 7.40. The van der Waals surface area contributed by atoms with E-state index in [1.54, 1.807) is 0 Å². The molecule has 0 aromatic carbocycles. The average molecular weight is 320 g/mol. The van der Waals surface area contributed by atoms with E-state index < -0.39 is 0 Å². The van der Waals surface area contributed by atoms with Crippen molar-refractivity contribution in [2.45, 2.75) is 95.5 Å². The van der Waals surface area contributed by atoms with Gasteiger partial charge in [0.05, 0.1) is 12.1 Å². The predicted octanol–water partition coefficient (Wildman–Crippen LogP) is 2.30. The fourth-order valence-corrected chi connectivity index (χ4v) is 6.31. The van der Waals surface area contributed by atoms with Crippen LogP contribution in [0.25, 0.3) is 0 Å². The molecule has 0 aromatic heterocycles. The Hall–Kier alpha value is -0.610. The molecule has 7 atom stereocenters. The second-order valence-corrected chi connectivity index (χ2v) is 8.77. The van der Waals surface area contributed by atoms with E-state index in [1.165, 1.54) is 25.7 Å². The van der Waals surface area contributed by atoms with E-state index in [4.69, 9.17) is 0 Å². The Morgan fingerprint density at radius 1 is 1.04 bits per heavy atom. The molecule has 2 aliphatic carbocycles. The molecule has 4 nitrogen and oxygen atoms in total. The molecule has 7 unspecified atom stereocenters. The van der Waals surface area contributed by atoms with Crippen LogP contribution in [0.15, 0.2) is 0 Å². The van der Waals surface area contributed by atoms with Crippen LogP contribution in [0.2, 0.25) is 0 Å². The molecule has 4 aliphatic rings. The summed E-state index contributed by atoms with van der Waals surface area (Å²) in [6.07, 6.45) is 9.31. The minimum atomic E-state index is -0.160. The summed E-state index contributed by atoms with van der Waals surface area (Å²) in [6.45, 7) is 4.27. The molecule has 4 heteroatoms. The topological polar surface area (TPSA) is 52.6 Å². The van der Waals surface area contributed by atoms with E-state index in [0.717, 1.165) is 37.5 Å². The first kappa shape index (κ1) is 15.9. The molecule has 2 heterocycles. The van der Waals surface area contributed by atoms with Crippen molar-refractivity contribution in [3.63, 3.8) is 0 Å². The Bertz CT molecular complexity index is 454. The van der Waals surface area contributed by atoms with Crippen molar-refractivity contribution in [3.8, 4) is 0 Å². The van der Waals surface area contributed by atoms with Crippen LogP contribution < -0.4 is 5.32 Å². The Balaban J connectivity index is 1.35. The van der Waals surface area contributed by atoms with Gasteiger partial charge in [-0.05, 0) is 76.5 Å². The van der Waals surface area contributed by atoms with E-state index in [-0.39, 0.29) is 18.1 Å². The number of hydrogen-bond acceptors (Lipinski definition) is 3. The number of fused-ring (bicyclic) bond motifs is 4. The van der Waals surface area contributed by atoms with Gasteiger partial charge in [0, 0.05) is 18.1 Å². The number of aliphatic hydroxyl groups excluding tert-OH is 1. The number of nitrogens with one attached hydrogen (secondary N) is 1. The fourth-order valence-electron chi connectivity index (χ4n) is 6.31. The Labute approximate surface area is 140 Å². The van der Waals surface area contributed by atoms with Crippen LogP contribution in [-0.4, -0.2) is 46.2 Å². The van der Waals surface area contributed by atoms with Crippen molar-refractivity contribution >= 4 is 5.91 Å². The minimum absolute atomic E-state index is 0.0546. The summed E-state index contributed by atoms with van der Waals surface area (Å²) in [5, 5.41) is 13.3. The highest BCUT2D eigenvalue weighted by atomic mass is 16.3. The average Bonchev–Trinajstić information content (AvgIpc) is 3.20. The summed E-state index contributed by atoms with van der Waals surface area (Å²) in [5.41, 5.74) is 0. The SMILES string of the molecule is CC(NC(=O)C(C)N1C2CCC1CC(O)C2)C1CC2CCC1C2. The van der Waals surface area contributed by atoms with E-state index in [1.807, 2.05) is 0 Å². The van der Waals surface area contributed by atoms with Crippen molar-refractivity contribution in [3.05, 3.63) is 0 Å². The van der Waals surface area contributed by atoms with Crippen LogP contribution in [0, 0.1) is 17.8 Å². The van der Waals surface area contributed by atoms with Crippen LogP contribution in [0.4, 0.5) is 0 Å². The van der Waals surface area contributed by atoms with Crippen molar-refractivity contribution in [2.75, 3.05) is 0 Å². The quantitative estimate of drug-likeness (QED) is 0.836. The van der Waals surface area contributed by atoms with Gasteiger partial charge in [-0.2, -0.15) is 0 Å². The molecule has 4 fully saturated rings. The van der Waals surface area contributed by atoms with E-state index in [9.17, 15) is 9.90 Å². The standard InChI is InChI=1S/C19H32N2O2/c1-11(18-8-13-3-4-14(18)7-13)20-19(23)12(2)21-15-5-6-16(21)10-17(22)9-15/h11-18,22H,3-10H2,1-2H3,(H,20,23). The Morgan fingerprint density at radius 3 is 2.30 bits per heavy atom. The molecular formula is C19H32N2O2. The van der Waals surface area contributed by atoms with E-state index >= 15 is 0 Å². The first-order valence-corrected chi connectivity index (χ1v) is 9.78. The molecule has 4 rings (SSSR count). The number of carbonyl (C=O) groups excluding carboxylic acids is 1. The van der Waals surface area contributed by atoms with Crippen molar-refractivity contribution in [2.24, 2.45) is 17.8 Å². The van der Waals surface area contributed by atoms with Gasteiger partial charge < -0.3 is 10.4 Å². The maximum Gasteiger partial charge on any atom is 0.237 e.